The third-order valence-electron chi connectivity index (χ3n) is 2.77. The summed E-state index contributed by atoms with van der Waals surface area (Å²) in [5.41, 5.74) is -0.493. The van der Waals surface area contributed by atoms with Crippen LogP contribution in [-0.2, 0) is 11.3 Å². The van der Waals surface area contributed by atoms with Crippen LogP contribution >= 0.6 is 23.2 Å². The molecular weight excluding hydrogens is 325 g/mol. The highest BCUT2D eigenvalue weighted by Crippen LogP contribution is 2.24. The zero-order valence-corrected chi connectivity index (χ0v) is 12.4. The maximum atomic E-state index is 13.8. The number of benzene rings is 1. The third-order valence-corrected chi connectivity index (χ3v) is 3.34. The highest BCUT2D eigenvalue weighted by Gasteiger charge is 2.23. The SMILES string of the molecule is COCCn1ncc(Cl)c1C(=O)c1cc(F)c(Cl)cc1F. The van der Waals surface area contributed by atoms with Crippen molar-refractivity contribution in [3.63, 3.8) is 0 Å². The Bertz CT molecular complexity index is 689. The molecule has 0 unspecified atom stereocenters. The van der Waals surface area contributed by atoms with Gasteiger partial charge in [0.15, 0.2) is 0 Å². The van der Waals surface area contributed by atoms with Gasteiger partial charge in [0.2, 0.25) is 5.78 Å². The van der Waals surface area contributed by atoms with Gasteiger partial charge in [-0.2, -0.15) is 5.10 Å². The Morgan fingerprint density at radius 3 is 2.67 bits per heavy atom. The van der Waals surface area contributed by atoms with Gasteiger partial charge in [-0.25, -0.2) is 8.78 Å². The van der Waals surface area contributed by atoms with E-state index < -0.39 is 28.0 Å². The monoisotopic (exact) mass is 334 g/mol. The number of methoxy groups -OCH3 is 1. The molecule has 1 aromatic carbocycles. The van der Waals surface area contributed by atoms with Crippen molar-refractivity contribution >= 4 is 29.0 Å². The van der Waals surface area contributed by atoms with Gasteiger partial charge in [0.1, 0.15) is 17.3 Å². The Kier molecular flexibility index (Phi) is 4.92. The number of ketones is 1. The van der Waals surface area contributed by atoms with Gasteiger partial charge in [-0.15, -0.1) is 0 Å². The number of aromatic nitrogens is 2. The maximum absolute atomic E-state index is 13.8. The summed E-state index contributed by atoms with van der Waals surface area (Å²) in [5, 5.41) is 3.56. The van der Waals surface area contributed by atoms with E-state index in [1.165, 1.54) is 18.0 Å². The fourth-order valence-corrected chi connectivity index (χ4v) is 2.14. The summed E-state index contributed by atoms with van der Waals surface area (Å²) >= 11 is 11.4. The molecule has 21 heavy (non-hydrogen) atoms. The number of rotatable bonds is 5. The first-order chi connectivity index (χ1) is 9.95. The summed E-state index contributed by atoms with van der Waals surface area (Å²) in [6.45, 7) is 0.539. The van der Waals surface area contributed by atoms with Crippen LogP contribution in [0.4, 0.5) is 8.78 Å². The molecule has 8 heteroatoms. The lowest BCUT2D eigenvalue weighted by molar-refractivity contribution is 0.102. The van der Waals surface area contributed by atoms with Crippen LogP contribution in [0.1, 0.15) is 16.1 Å². The van der Waals surface area contributed by atoms with Crippen molar-refractivity contribution < 1.29 is 18.3 Å². The first-order valence-electron chi connectivity index (χ1n) is 5.85. The molecule has 2 aromatic rings. The van der Waals surface area contributed by atoms with Gasteiger partial charge in [0.25, 0.3) is 0 Å². The van der Waals surface area contributed by atoms with Crippen molar-refractivity contribution in [3.8, 4) is 0 Å². The highest BCUT2D eigenvalue weighted by molar-refractivity contribution is 6.34. The summed E-state index contributed by atoms with van der Waals surface area (Å²) in [6.07, 6.45) is 1.26. The van der Waals surface area contributed by atoms with E-state index in [0.29, 0.717) is 0 Å². The van der Waals surface area contributed by atoms with E-state index in [4.69, 9.17) is 27.9 Å². The Hall–Kier alpha value is -1.50. The van der Waals surface area contributed by atoms with Crippen LogP contribution in [0.3, 0.4) is 0 Å². The lowest BCUT2D eigenvalue weighted by Gasteiger charge is -2.08. The molecule has 0 atom stereocenters. The number of nitrogens with zero attached hydrogens (tertiary/aromatic N) is 2. The van der Waals surface area contributed by atoms with Crippen molar-refractivity contribution in [1.29, 1.82) is 0 Å². The van der Waals surface area contributed by atoms with E-state index in [-0.39, 0.29) is 23.9 Å². The molecule has 1 heterocycles. The Labute approximate surface area is 129 Å². The van der Waals surface area contributed by atoms with Gasteiger partial charge in [-0.1, -0.05) is 23.2 Å². The van der Waals surface area contributed by atoms with Crippen LogP contribution in [0.15, 0.2) is 18.3 Å². The van der Waals surface area contributed by atoms with E-state index >= 15 is 0 Å². The average Bonchev–Trinajstić information content (AvgIpc) is 2.81. The summed E-state index contributed by atoms with van der Waals surface area (Å²) in [7, 11) is 1.49. The standard InChI is InChI=1S/C13H10Cl2F2N2O2/c1-21-3-2-19-12(9(15)6-18-19)13(20)7-4-11(17)8(14)5-10(7)16/h4-6H,2-3H2,1H3. The second-order valence-electron chi connectivity index (χ2n) is 4.13. The minimum Gasteiger partial charge on any atom is -0.383 e. The molecular formula is C13H10Cl2F2N2O2. The van der Waals surface area contributed by atoms with E-state index in [9.17, 15) is 13.6 Å². The highest BCUT2D eigenvalue weighted by atomic mass is 35.5. The summed E-state index contributed by atoms with van der Waals surface area (Å²) in [4.78, 5) is 12.4. The Morgan fingerprint density at radius 1 is 1.29 bits per heavy atom. The number of ether oxygens (including phenoxy) is 1. The molecule has 0 saturated carbocycles. The topological polar surface area (TPSA) is 44.1 Å². The van der Waals surface area contributed by atoms with Crippen molar-refractivity contribution in [1.82, 2.24) is 9.78 Å². The summed E-state index contributed by atoms with van der Waals surface area (Å²) in [5.74, 6) is -2.59. The first kappa shape index (κ1) is 15.9. The minimum absolute atomic E-state index is 0.0330. The molecule has 0 aliphatic heterocycles. The van der Waals surface area contributed by atoms with Gasteiger partial charge in [0, 0.05) is 7.11 Å². The number of carbonyl (C=O) groups is 1. The van der Waals surface area contributed by atoms with Crippen LogP contribution in [0.5, 0.6) is 0 Å². The number of carbonyl (C=O) groups excluding carboxylic acids is 1. The van der Waals surface area contributed by atoms with Crippen LogP contribution in [0, 0.1) is 11.6 Å². The maximum Gasteiger partial charge on any atom is 0.215 e. The molecule has 0 spiro atoms. The second kappa shape index (κ2) is 6.51. The van der Waals surface area contributed by atoms with Crippen LogP contribution in [0.2, 0.25) is 10.0 Å². The van der Waals surface area contributed by atoms with Crippen LogP contribution in [-0.4, -0.2) is 29.3 Å². The van der Waals surface area contributed by atoms with Crippen molar-refractivity contribution in [2.75, 3.05) is 13.7 Å². The molecule has 1 aromatic heterocycles. The second-order valence-corrected chi connectivity index (χ2v) is 4.95. The molecule has 0 radical (unpaired) electrons. The van der Waals surface area contributed by atoms with E-state index in [2.05, 4.69) is 5.10 Å². The minimum atomic E-state index is -0.929. The molecule has 0 saturated heterocycles. The van der Waals surface area contributed by atoms with Gasteiger partial charge >= 0.3 is 0 Å². The van der Waals surface area contributed by atoms with E-state index in [0.717, 1.165) is 12.1 Å². The van der Waals surface area contributed by atoms with E-state index in [1.54, 1.807) is 0 Å². The smallest absolute Gasteiger partial charge is 0.215 e. The third kappa shape index (κ3) is 3.23. The summed E-state index contributed by atoms with van der Waals surface area (Å²) < 4.78 is 33.4. The predicted molar refractivity (Wildman–Crippen MR) is 73.9 cm³/mol. The van der Waals surface area contributed by atoms with Gasteiger partial charge in [0.05, 0.1) is 35.0 Å². The largest absolute Gasteiger partial charge is 0.383 e. The molecule has 112 valence electrons. The zero-order chi connectivity index (χ0) is 15.6. The molecule has 0 fully saturated rings. The Morgan fingerprint density at radius 2 is 2.00 bits per heavy atom. The van der Waals surface area contributed by atoms with Gasteiger partial charge < -0.3 is 4.74 Å². The van der Waals surface area contributed by atoms with Crippen molar-refractivity contribution in [3.05, 3.63) is 51.3 Å². The fraction of sp³-hybridized carbons (Fsp3) is 0.231. The van der Waals surface area contributed by atoms with E-state index in [1.807, 2.05) is 0 Å². The molecule has 0 aliphatic rings. The van der Waals surface area contributed by atoms with Gasteiger partial charge in [-0.05, 0) is 12.1 Å². The molecule has 0 amide bonds. The normalized spacial score (nSPS) is 10.9. The lowest BCUT2D eigenvalue weighted by Crippen LogP contribution is -2.16. The molecule has 4 nitrogen and oxygen atoms in total. The molecule has 0 aliphatic carbocycles. The Balaban J connectivity index is 2.45. The predicted octanol–water partition coefficient (Wildman–Crippen LogP) is 3.35. The zero-order valence-electron chi connectivity index (χ0n) is 10.9. The first-order valence-corrected chi connectivity index (χ1v) is 6.60. The quantitative estimate of drug-likeness (QED) is 0.622. The van der Waals surface area contributed by atoms with Crippen LogP contribution < -0.4 is 0 Å². The molecule has 0 N–H and O–H groups in total. The average molecular weight is 335 g/mol. The molecule has 2 rings (SSSR count). The molecule has 0 bridgehead atoms. The van der Waals surface area contributed by atoms with Gasteiger partial charge in [-0.3, -0.25) is 9.48 Å². The van der Waals surface area contributed by atoms with Crippen LogP contribution in [0.25, 0.3) is 0 Å². The lowest BCUT2D eigenvalue weighted by atomic mass is 10.1. The van der Waals surface area contributed by atoms with Crippen molar-refractivity contribution in [2.45, 2.75) is 6.54 Å². The fourth-order valence-electron chi connectivity index (χ4n) is 1.76. The number of hydrogen-bond acceptors (Lipinski definition) is 3. The van der Waals surface area contributed by atoms with Crippen molar-refractivity contribution in [2.24, 2.45) is 0 Å². The summed E-state index contributed by atoms with van der Waals surface area (Å²) in [6, 6.07) is 1.48. The number of hydrogen-bond donors (Lipinski definition) is 0. The number of halogens is 4.